The monoisotopic (exact) mass is 572 g/mol. The molecule has 4 nitrogen and oxygen atoms in total. The number of alkyl halides is 2. The number of benzene rings is 3. The molecule has 1 N–H and O–H groups in total. The van der Waals surface area contributed by atoms with E-state index in [4.69, 9.17) is 58.0 Å². The number of halogens is 6. The summed E-state index contributed by atoms with van der Waals surface area (Å²) in [4.78, 5) is 26.9. The van der Waals surface area contributed by atoms with E-state index < -0.39 is 27.4 Å². The maximum atomic E-state index is 13.2. The molecule has 0 aromatic heterocycles. The summed E-state index contributed by atoms with van der Waals surface area (Å²) in [7, 11) is 1.75. The zero-order chi connectivity index (χ0) is 25.5. The number of rotatable bonds is 7. The van der Waals surface area contributed by atoms with Crippen LogP contribution in [0.5, 0.6) is 0 Å². The van der Waals surface area contributed by atoms with Crippen LogP contribution < -0.4 is 10.2 Å². The molecule has 0 aliphatic heterocycles. The molecule has 0 saturated heterocycles. The Bertz CT molecular complexity index is 1280. The second-order valence-corrected chi connectivity index (χ2v) is 11.1. The molecular formula is C25H18Cl5FN2O2. The van der Waals surface area contributed by atoms with Crippen LogP contribution in [0, 0.1) is 11.2 Å². The van der Waals surface area contributed by atoms with Gasteiger partial charge in [-0.15, -0.1) is 0 Å². The van der Waals surface area contributed by atoms with Crippen LogP contribution in [0.2, 0.25) is 15.1 Å². The third-order valence-corrected chi connectivity index (χ3v) is 7.99. The fourth-order valence-corrected chi connectivity index (χ4v) is 5.95. The van der Waals surface area contributed by atoms with Crippen molar-refractivity contribution in [2.45, 2.75) is 10.3 Å². The molecule has 1 aliphatic rings. The molecule has 1 fully saturated rings. The highest BCUT2D eigenvalue weighted by molar-refractivity contribution is 6.54. The molecule has 4 rings (SSSR count). The summed E-state index contributed by atoms with van der Waals surface area (Å²) >= 11 is 31.8. The first-order chi connectivity index (χ1) is 16.5. The molecule has 0 radical (unpaired) electrons. The molecule has 2 unspecified atom stereocenters. The third-order valence-electron chi connectivity index (χ3n) is 6.08. The number of aldehydes is 1. The first-order valence-corrected chi connectivity index (χ1v) is 12.3. The van der Waals surface area contributed by atoms with Gasteiger partial charge in [-0.1, -0.05) is 58.0 Å². The van der Waals surface area contributed by atoms with E-state index in [1.807, 2.05) is 0 Å². The molecule has 0 bridgehead atoms. The number of hydrogen-bond acceptors (Lipinski definition) is 3. The lowest BCUT2D eigenvalue weighted by molar-refractivity contribution is -0.112. The minimum absolute atomic E-state index is 0.152. The number of nitrogens with one attached hydrogen (secondary N) is 1. The highest BCUT2D eigenvalue weighted by atomic mass is 35.5. The summed E-state index contributed by atoms with van der Waals surface area (Å²) in [6, 6.07) is 15.2. The molecule has 10 heteroatoms. The normalized spacial score (nSPS) is 20.3. The van der Waals surface area contributed by atoms with Crippen LogP contribution in [0.4, 0.5) is 15.8 Å². The standard InChI is InChI=1S/C25H18Cl5FN2O2/c1-33(12-24(13-34)22(25(24,29)30)14-8-15(26)10-16(27)9-14)19-6-7-21(28)20(11-19)23(35)32-18-4-2-17(31)3-5-18/h2-11,13,22H,12H2,1H3,(H,32,35). The Morgan fingerprint density at radius 3 is 2.26 bits per heavy atom. The summed E-state index contributed by atoms with van der Waals surface area (Å²) in [6.45, 7) is 0.152. The number of amides is 1. The molecule has 35 heavy (non-hydrogen) atoms. The van der Waals surface area contributed by atoms with Crippen LogP contribution in [-0.2, 0) is 4.79 Å². The predicted molar refractivity (Wildman–Crippen MR) is 141 cm³/mol. The SMILES string of the molecule is CN(CC1(C=O)C(c2cc(Cl)cc(Cl)c2)C1(Cl)Cl)c1ccc(Cl)c(C(=O)Nc2ccc(F)cc2)c1. The Morgan fingerprint density at radius 2 is 1.66 bits per heavy atom. The molecule has 3 aromatic carbocycles. The second kappa shape index (κ2) is 9.79. The van der Waals surface area contributed by atoms with Crippen molar-refractivity contribution >= 4 is 81.6 Å². The maximum Gasteiger partial charge on any atom is 0.257 e. The average molecular weight is 575 g/mol. The smallest absolute Gasteiger partial charge is 0.257 e. The van der Waals surface area contributed by atoms with E-state index >= 15 is 0 Å². The lowest BCUT2D eigenvalue weighted by Gasteiger charge is -2.25. The number of carbonyl (C=O) groups excluding carboxylic acids is 2. The van der Waals surface area contributed by atoms with Crippen molar-refractivity contribution in [3.05, 3.63) is 92.7 Å². The van der Waals surface area contributed by atoms with Crippen molar-refractivity contribution < 1.29 is 14.0 Å². The first kappa shape index (κ1) is 26.1. The summed E-state index contributed by atoms with van der Waals surface area (Å²) in [5.74, 6) is -1.42. The quantitative estimate of drug-likeness (QED) is 0.233. The third kappa shape index (κ3) is 4.98. The lowest BCUT2D eigenvalue weighted by atomic mass is 9.99. The molecule has 0 heterocycles. The molecule has 182 valence electrons. The van der Waals surface area contributed by atoms with Crippen molar-refractivity contribution in [1.29, 1.82) is 0 Å². The van der Waals surface area contributed by atoms with Crippen LogP contribution in [0.15, 0.2) is 60.7 Å². The van der Waals surface area contributed by atoms with E-state index in [0.717, 1.165) is 6.29 Å². The Kier molecular flexibility index (Phi) is 7.29. The van der Waals surface area contributed by atoms with Gasteiger partial charge in [0.1, 0.15) is 16.4 Å². The van der Waals surface area contributed by atoms with Crippen LogP contribution in [0.25, 0.3) is 0 Å². The minimum Gasteiger partial charge on any atom is -0.373 e. The van der Waals surface area contributed by atoms with E-state index in [1.165, 1.54) is 24.3 Å². The highest BCUT2D eigenvalue weighted by Gasteiger charge is 2.77. The number of carbonyl (C=O) groups is 2. The largest absolute Gasteiger partial charge is 0.373 e. The zero-order valence-corrected chi connectivity index (χ0v) is 21.9. The van der Waals surface area contributed by atoms with Gasteiger partial charge in [0.2, 0.25) is 0 Å². The van der Waals surface area contributed by atoms with Crippen LogP contribution >= 0.6 is 58.0 Å². The van der Waals surface area contributed by atoms with Crippen molar-refractivity contribution in [2.75, 3.05) is 23.8 Å². The topological polar surface area (TPSA) is 49.4 Å². The van der Waals surface area contributed by atoms with E-state index in [0.29, 0.717) is 27.0 Å². The fourth-order valence-electron chi connectivity index (χ4n) is 4.25. The number of nitrogens with zero attached hydrogens (tertiary/aromatic N) is 1. The zero-order valence-electron chi connectivity index (χ0n) is 18.2. The van der Waals surface area contributed by atoms with Gasteiger partial charge >= 0.3 is 0 Å². The fraction of sp³-hybridized carbons (Fsp3) is 0.200. The second-order valence-electron chi connectivity index (χ2n) is 8.40. The van der Waals surface area contributed by atoms with Gasteiger partial charge < -0.3 is 15.0 Å². The van der Waals surface area contributed by atoms with Gasteiger partial charge in [-0.2, -0.15) is 0 Å². The van der Waals surface area contributed by atoms with Gasteiger partial charge in [0.05, 0.1) is 16.0 Å². The molecule has 2 atom stereocenters. The number of hydrogen-bond donors (Lipinski definition) is 1. The van der Waals surface area contributed by atoms with E-state index in [1.54, 1.807) is 48.3 Å². The van der Waals surface area contributed by atoms with Gasteiger partial charge in [0, 0.05) is 40.9 Å². The first-order valence-electron chi connectivity index (χ1n) is 10.4. The van der Waals surface area contributed by atoms with Crippen LogP contribution in [-0.4, -0.2) is 30.1 Å². The van der Waals surface area contributed by atoms with Gasteiger partial charge in [0.15, 0.2) is 0 Å². The van der Waals surface area contributed by atoms with Crippen molar-refractivity contribution in [3.63, 3.8) is 0 Å². The highest BCUT2D eigenvalue weighted by Crippen LogP contribution is 2.73. The van der Waals surface area contributed by atoms with E-state index in [-0.39, 0.29) is 17.1 Å². The molecule has 1 saturated carbocycles. The molecular weight excluding hydrogens is 557 g/mol. The van der Waals surface area contributed by atoms with Gasteiger partial charge in [-0.25, -0.2) is 4.39 Å². The van der Waals surface area contributed by atoms with Gasteiger partial charge in [-0.05, 0) is 66.2 Å². The van der Waals surface area contributed by atoms with E-state index in [9.17, 15) is 14.0 Å². The molecule has 3 aromatic rings. The summed E-state index contributed by atoms with van der Waals surface area (Å²) in [5, 5.41) is 3.73. The molecule has 1 amide bonds. The number of anilines is 2. The Morgan fingerprint density at radius 1 is 1.03 bits per heavy atom. The summed E-state index contributed by atoms with van der Waals surface area (Å²) < 4.78 is 11.8. The van der Waals surface area contributed by atoms with Gasteiger partial charge in [-0.3, -0.25) is 4.79 Å². The maximum absolute atomic E-state index is 13.2. The van der Waals surface area contributed by atoms with Crippen molar-refractivity contribution in [3.8, 4) is 0 Å². The van der Waals surface area contributed by atoms with Crippen molar-refractivity contribution in [2.24, 2.45) is 5.41 Å². The molecule has 1 aliphatic carbocycles. The van der Waals surface area contributed by atoms with Gasteiger partial charge in [0.25, 0.3) is 5.91 Å². The lowest BCUT2D eigenvalue weighted by Crippen LogP contribution is -2.31. The molecule has 0 spiro atoms. The average Bonchev–Trinajstić information content (AvgIpc) is 3.28. The predicted octanol–water partition coefficient (Wildman–Crippen LogP) is 7.63. The minimum atomic E-state index is -1.38. The Balaban J connectivity index is 1.58. The van der Waals surface area contributed by atoms with Crippen LogP contribution in [0.1, 0.15) is 21.8 Å². The Labute approximate surface area is 226 Å². The van der Waals surface area contributed by atoms with Crippen molar-refractivity contribution in [1.82, 2.24) is 0 Å². The Hall–Kier alpha value is -2.02. The van der Waals surface area contributed by atoms with E-state index in [2.05, 4.69) is 5.32 Å². The summed E-state index contributed by atoms with van der Waals surface area (Å²) in [6.07, 6.45) is 0.751. The summed E-state index contributed by atoms with van der Waals surface area (Å²) in [5.41, 5.74) is 0.746. The van der Waals surface area contributed by atoms with Crippen LogP contribution in [0.3, 0.4) is 0 Å².